The molecule has 0 bridgehead atoms. The van der Waals surface area contributed by atoms with Crippen molar-refractivity contribution in [2.75, 3.05) is 0 Å². The van der Waals surface area contributed by atoms with Crippen molar-refractivity contribution in [3.05, 3.63) is 24.5 Å². The molecule has 0 spiro atoms. The molecule has 1 rings (SSSR count). The van der Waals surface area contributed by atoms with Gasteiger partial charge in [-0.15, -0.1) is 0 Å². The van der Waals surface area contributed by atoms with Gasteiger partial charge in [-0.2, -0.15) is 5.10 Å². The third-order valence-electron chi connectivity index (χ3n) is 1.66. The molecule has 0 fully saturated rings. The van der Waals surface area contributed by atoms with Crippen LogP contribution in [0.1, 0.15) is 26.7 Å². The van der Waals surface area contributed by atoms with Gasteiger partial charge in [-0.25, -0.2) is 4.68 Å². The Morgan fingerprint density at radius 1 is 1.18 bits per heavy atom. The molecule has 0 saturated heterocycles. The smallest absolute Gasteiger partial charge is 0.0383 e. The highest BCUT2D eigenvalue weighted by atomic mass is 15.3. The second-order valence-electron chi connectivity index (χ2n) is 2.44. The molecule has 0 aliphatic heterocycles. The van der Waals surface area contributed by atoms with Gasteiger partial charge in [0, 0.05) is 18.1 Å². The Balaban J connectivity index is 2.71. The average molecular weight is 150 g/mol. The van der Waals surface area contributed by atoms with E-state index in [1.807, 2.05) is 29.2 Å². The van der Waals surface area contributed by atoms with Crippen molar-refractivity contribution in [1.29, 1.82) is 0 Å². The lowest BCUT2D eigenvalue weighted by atomic mass is 10.2. The van der Waals surface area contributed by atoms with Crippen LogP contribution < -0.4 is 0 Å². The summed E-state index contributed by atoms with van der Waals surface area (Å²) in [7, 11) is 0. The fraction of sp³-hybridized carbons (Fsp3) is 0.444. The summed E-state index contributed by atoms with van der Waals surface area (Å²) in [6.45, 7) is 4.26. The first-order valence-corrected chi connectivity index (χ1v) is 4.06. The van der Waals surface area contributed by atoms with Crippen LogP contribution in [0.4, 0.5) is 0 Å². The van der Waals surface area contributed by atoms with Gasteiger partial charge >= 0.3 is 0 Å². The molecule has 0 saturated carbocycles. The second kappa shape index (κ2) is 3.96. The Kier molecular flexibility index (Phi) is 2.90. The van der Waals surface area contributed by atoms with Crippen molar-refractivity contribution in [1.82, 2.24) is 4.68 Å². The summed E-state index contributed by atoms with van der Waals surface area (Å²) in [6, 6.07) is 3.96. The Labute approximate surface area is 67.5 Å². The quantitative estimate of drug-likeness (QED) is 0.589. The number of hydrogen-bond acceptors (Lipinski definition) is 1. The maximum Gasteiger partial charge on any atom is 0.0383 e. The zero-order valence-corrected chi connectivity index (χ0v) is 7.12. The van der Waals surface area contributed by atoms with Gasteiger partial charge in [0.05, 0.1) is 0 Å². The molecule has 1 heterocycles. The van der Waals surface area contributed by atoms with Gasteiger partial charge in [0.15, 0.2) is 0 Å². The lowest BCUT2D eigenvalue weighted by Gasteiger charge is -1.98. The largest absolute Gasteiger partial charge is 0.248 e. The van der Waals surface area contributed by atoms with Crippen molar-refractivity contribution >= 4 is 5.71 Å². The van der Waals surface area contributed by atoms with E-state index in [9.17, 15) is 0 Å². The summed E-state index contributed by atoms with van der Waals surface area (Å²) in [6.07, 6.45) is 5.97. The van der Waals surface area contributed by atoms with Crippen LogP contribution in [0.3, 0.4) is 0 Å². The van der Waals surface area contributed by atoms with E-state index in [-0.39, 0.29) is 0 Å². The van der Waals surface area contributed by atoms with E-state index < -0.39 is 0 Å². The van der Waals surface area contributed by atoms with Crippen molar-refractivity contribution in [2.45, 2.75) is 26.7 Å². The zero-order valence-electron chi connectivity index (χ0n) is 7.12. The first kappa shape index (κ1) is 8.05. The van der Waals surface area contributed by atoms with Gasteiger partial charge in [-0.1, -0.05) is 13.8 Å². The van der Waals surface area contributed by atoms with Gasteiger partial charge in [-0.05, 0) is 25.0 Å². The molecule has 0 aliphatic rings. The van der Waals surface area contributed by atoms with E-state index in [0.29, 0.717) is 0 Å². The highest BCUT2D eigenvalue weighted by molar-refractivity contribution is 5.83. The molecule has 2 heteroatoms. The first-order valence-electron chi connectivity index (χ1n) is 4.06. The predicted octanol–water partition coefficient (Wildman–Crippen LogP) is 2.51. The topological polar surface area (TPSA) is 17.3 Å². The summed E-state index contributed by atoms with van der Waals surface area (Å²) in [5.74, 6) is 0. The molecular weight excluding hydrogens is 136 g/mol. The number of nitrogens with zero attached hydrogens (tertiary/aromatic N) is 2. The van der Waals surface area contributed by atoms with Crippen LogP contribution in [0, 0.1) is 0 Å². The summed E-state index contributed by atoms with van der Waals surface area (Å²) in [5, 5.41) is 4.39. The van der Waals surface area contributed by atoms with E-state index in [2.05, 4.69) is 18.9 Å². The van der Waals surface area contributed by atoms with E-state index in [1.165, 1.54) is 5.71 Å². The Morgan fingerprint density at radius 2 is 1.73 bits per heavy atom. The van der Waals surface area contributed by atoms with Crippen molar-refractivity contribution < 1.29 is 0 Å². The van der Waals surface area contributed by atoms with Gasteiger partial charge in [0.2, 0.25) is 0 Å². The van der Waals surface area contributed by atoms with Crippen molar-refractivity contribution in [3.8, 4) is 0 Å². The highest BCUT2D eigenvalue weighted by Crippen LogP contribution is 1.95. The fourth-order valence-electron chi connectivity index (χ4n) is 0.947. The minimum absolute atomic E-state index is 1.04. The van der Waals surface area contributed by atoms with Crippen molar-refractivity contribution in [3.63, 3.8) is 0 Å². The SMILES string of the molecule is CCC(CC)=Nn1cccc1. The Bertz CT molecular complexity index is 216. The Morgan fingerprint density at radius 3 is 2.18 bits per heavy atom. The molecule has 0 atom stereocenters. The molecule has 11 heavy (non-hydrogen) atoms. The third-order valence-corrected chi connectivity index (χ3v) is 1.66. The summed E-state index contributed by atoms with van der Waals surface area (Å²) < 4.78 is 1.85. The van der Waals surface area contributed by atoms with Gasteiger partial charge in [0.25, 0.3) is 0 Å². The predicted molar refractivity (Wildman–Crippen MR) is 47.8 cm³/mol. The van der Waals surface area contributed by atoms with Gasteiger partial charge < -0.3 is 0 Å². The minimum atomic E-state index is 1.04. The number of hydrogen-bond donors (Lipinski definition) is 0. The van der Waals surface area contributed by atoms with Crippen molar-refractivity contribution in [2.24, 2.45) is 5.10 Å². The molecule has 1 aromatic heterocycles. The monoisotopic (exact) mass is 150 g/mol. The van der Waals surface area contributed by atoms with Crippen LogP contribution in [-0.2, 0) is 0 Å². The summed E-state index contributed by atoms with van der Waals surface area (Å²) >= 11 is 0. The van der Waals surface area contributed by atoms with E-state index in [4.69, 9.17) is 0 Å². The van der Waals surface area contributed by atoms with E-state index >= 15 is 0 Å². The van der Waals surface area contributed by atoms with Crippen LogP contribution >= 0.6 is 0 Å². The third kappa shape index (κ3) is 2.22. The fourth-order valence-corrected chi connectivity index (χ4v) is 0.947. The van der Waals surface area contributed by atoms with Gasteiger partial charge in [-0.3, -0.25) is 0 Å². The molecule has 0 amide bonds. The summed E-state index contributed by atoms with van der Waals surface area (Å²) in [4.78, 5) is 0. The van der Waals surface area contributed by atoms with Crippen LogP contribution in [0.2, 0.25) is 0 Å². The lowest BCUT2D eigenvalue weighted by molar-refractivity contribution is 0.868. The van der Waals surface area contributed by atoms with Crippen LogP contribution in [0.5, 0.6) is 0 Å². The van der Waals surface area contributed by atoms with E-state index in [1.54, 1.807) is 0 Å². The standard InChI is InChI=1S/C9H14N2/c1-3-9(4-2)10-11-7-5-6-8-11/h5-8H,3-4H2,1-2H3. The molecule has 60 valence electrons. The summed E-state index contributed by atoms with van der Waals surface area (Å²) in [5.41, 5.74) is 1.24. The van der Waals surface area contributed by atoms with Crippen LogP contribution in [-0.4, -0.2) is 10.4 Å². The molecule has 2 nitrogen and oxygen atoms in total. The van der Waals surface area contributed by atoms with Gasteiger partial charge in [0.1, 0.15) is 0 Å². The molecule has 0 N–H and O–H groups in total. The molecular formula is C9H14N2. The zero-order chi connectivity index (χ0) is 8.10. The molecule has 0 aromatic carbocycles. The first-order chi connectivity index (χ1) is 5.36. The molecule has 0 radical (unpaired) electrons. The number of aromatic nitrogens is 1. The molecule has 1 aromatic rings. The van der Waals surface area contributed by atoms with E-state index in [0.717, 1.165) is 12.8 Å². The Hall–Kier alpha value is -1.05. The normalized spacial score (nSPS) is 9.64. The lowest BCUT2D eigenvalue weighted by Crippen LogP contribution is -1.96. The molecule has 0 unspecified atom stereocenters. The maximum atomic E-state index is 4.39. The highest BCUT2D eigenvalue weighted by Gasteiger charge is 1.90. The minimum Gasteiger partial charge on any atom is -0.248 e. The second-order valence-corrected chi connectivity index (χ2v) is 2.44. The van der Waals surface area contributed by atoms with Crippen LogP contribution in [0.25, 0.3) is 0 Å². The maximum absolute atomic E-state index is 4.39. The average Bonchev–Trinajstić information content (AvgIpc) is 2.52. The number of rotatable bonds is 3. The molecule has 0 aliphatic carbocycles. The van der Waals surface area contributed by atoms with Crippen LogP contribution in [0.15, 0.2) is 29.6 Å².